The van der Waals surface area contributed by atoms with Crippen molar-refractivity contribution in [3.05, 3.63) is 41.7 Å². The minimum absolute atomic E-state index is 0.287. The number of hydrogen-bond acceptors (Lipinski definition) is 2. The summed E-state index contributed by atoms with van der Waals surface area (Å²) in [5.74, 6) is -0.00137. The zero-order valence-corrected chi connectivity index (χ0v) is 9.66. The molecule has 0 fully saturated rings. The Kier molecular flexibility index (Phi) is 4.50. The van der Waals surface area contributed by atoms with Gasteiger partial charge in [0.1, 0.15) is 11.6 Å². The number of rotatable bonds is 5. The molecule has 0 radical (unpaired) electrons. The van der Waals surface area contributed by atoms with Gasteiger partial charge in [-0.1, -0.05) is 19.1 Å². The number of benzene rings is 1. The number of hydrogen-bond donors (Lipinski definition) is 1. The van der Waals surface area contributed by atoms with Gasteiger partial charge in [-0.25, -0.2) is 4.39 Å². The fraction of sp³-hybridized carbons (Fsp3) is 0.385. The summed E-state index contributed by atoms with van der Waals surface area (Å²) in [5, 5.41) is 9.82. The van der Waals surface area contributed by atoms with E-state index in [0.29, 0.717) is 12.2 Å². The summed E-state index contributed by atoms with van der Waals surface area (Å²) in [6, 6.07) is 4.45. The predicted molar refractivity (Wildman–Crippen MR) is 62.0 cm³/mol. The van der Waals surface area contributed by atoms with Crippen LogP contribution in [0.3, 0.4) is 0 Å². The predicted octanol–water partition coefficient (Wildman–Crippen LogP) is 3.22. The quantitative estimate of drug-likeness (QED) is 0.778. The van der Waals surface area contributed by atoms with Gasteiger partial charge >= 0.3 is 0 Å². The van der Waals surface area contributed by atoms with Crippen LogP contribution in [0.25, 0.3) is 0 Å². The van der Waals surface area contributed by atoms with E-state index in [1.165, 1.54) is 13.2 Å². The Morgan fingerprint density at radius 3 is 2.75 bits per heavy atom. The third kappa shape index (κ3) is 3.07. The molecule has 88 valence electrons. The molecule has 1 N–H and O–H groups in total. The molecule has 1 rings (SSSR count). The molecule has 0 aliphatic carbocycles. The topological polar surface area (TPSA) is 29.5 Å². The molecule has 0 aliphatic heterocycles. The number of aliphatic hydroxyl groups excluding tert-OH is 1. The van der Waals surface area contributed by atoms with Crippen LogP contribution in [-0.2, 0) is 0 Å². The normalized spacial score (nSPS) is 12.2. The third-order valence-corrected chi connectivity index (χ3v) is 2.55. The molecule has 16 heavy (non-hydrogen) atoms. The summed E-state index contributed by atoms with van der Waals surface area (Å²) in [4.78, 5) is 0. The second-order valence-corrected chi connectivity index (χ2v) is 3.71. The zero-order valence-electron chi connectivity index (χ0n) is 9.66. The fourth-order valence-electron chi connectivity index (χ4n) is 1.43. The number of ether oxygens (including phenoxy) is 1. The SMILES string of the molecule is C=C(CC)CC(O)c1ccc(OC)cc1F. The zero-order chi connectivity index (χ0) is 12.1. The van der Waals surface area contributed by atoms with Crippen LogP contribution in [0.1, 0.15) is 31.4 Å². The van der Waals surface area contributed by atoms with Gasteiger partial charge in [0, 0.05) is 11.6 Å². The van der Waals surface area contributed by atoms with Gasteiger partial charge in [0.15, 0.2) is 0 Å². The molecule has 0 spiro atoms. The summed E-state index contributed by atoms with van der Waals surface area (Å²) in [6.45, 7) is 5.75. The molecular formula is C13H17FO2. The minimum atomic E-state index is -0.835. The van der Waals surface area contributed by atoms with Crippen LogP contribution in [0, 0.1) is 5.82 Å². The molecule has 1 aromatic carbocycles. The molecule has 0 bridgehead atoms. The Balaban J connectivity index is 2.83. The summed E-state index contributed by atoms with van der Waals surface area (Å²) < 4.78 is 18.5. The first-order valence-corrected chi connectivity index (χ1v) is 5.26. The second-order valence-electron chi connectivity index (χ2n) is 3.71. The molecule has 1 atom stereocenters. The molecule has 0 amide bonds. The van der Waals surface area contributed by atoms with Gasteiger partial charge in [0.25, 0.3) is 0 Å². The van der Waals surface area contributed by atoms with Gasteiger partial charge in [0.2, 0.25) is 0 Å². The van der Waals surface area contributed by atoms with Gasteiger partial charge in [-0.15, -0.1) is 0 Å². The molecule has 0 saturated carbocycles. The summed E-state index contributed by atoms with van der Waals surface area (Å²) in [7, 11) is 1.48. The maximum absolute atomic E-state index is 13.6. The van der Waals surface area contributed by atoms with Gasteiger partial charge in [-0.05, 0) is 25.0 Å². The van der Waals surface area contributed by atoms with Crippen molar-refractivity contribution < 1.29 is 14.2 Å². The van der Waals surface area contributed by atoms with Crippen LogP contribution < -0.4 is 4.74 Å². The Morgan fingerprint density at radius 2 is 2.25 bits per heavy atom. The Bertz CT molecular complexity index is 374. The Hall–Kier alpha value is -1.35. The molecule has 0 heterocycles. The van der Waals surface area contributed by atoms with Gasteiger partial charge in [-0.3, -0.25) is 0 Å². The van der Waals surface area contributed by atoms with Crippen LogP contribution in [0.5, 0.6) is 5.75 Å². The first kappa shape index (κ1) is 12.7. The smallest absolute Gasteiger partial charge is 0.132 e. The van der Waals surface area contributed by atoms with Crippen LogP contribution in [0.2, 0.25) is 0 Å². The second kappa shape index (κ2) is 5.66. The first-order valence-electron chi connectivity index (χ1n) is 5.26. The van der Waals surface area contributed by atoms with E-state index < -0.39 is 11.9 Å². The lowest BCUT2D eigenvalue weighted by atomic mass is 10.0. The van der Waals surface area contributed by atoms with Crippen molar-refractivity contribution in [2.24, 2.45) is 0 Å². The van der Waals surface area contributed by atoms with Crippen molar-refractivity contribution in [3.63, 3.8) is 0 Å². The van der Waals surface area contributed by atoms with E-state index in [4.69, 9.17) is 4.74 Å². The molecule has 0 aromatic heterocycles. The minimum Gasteiger partial charge on any atom is -0.497 e. The lowest BCUT2D eigenvalue weighted by molar-refractivity contribution is 0.172. The molecule has 2 nitrogen and oxygen atoms in total. The molecule has 3 heteroatoms. The summed E-state index contributed by atoms with van der Waals surface area (Å²) >= 11 is 0. The highest BCUT2D eigenvalue weighted by atomic mass is 19.1. The lowest BCUT2D eigenvalue weighted by Gasteiger charge is -2.13. The Labute approximate surface area is 95.4 Å². The van der Waals surface area contributed by atoms with E-state index in [2.05, 4.69) is 6.58 Å². The van der Waals surface area contributed by atoms with Crippen molar-refractivity contribution in [2.45, 2.75) is 25.9 Å². The van der Waals surface area contributed by atoms with E-state index >= 15 is 0 Å². The number of methoxy groups -OCH3 is 1. The van der Waals surface area contributed by atoms with Gasteiger partial charge in [-0.2, -0.15) is 0 Å². The van der Waals surface area contributed by atoms with Crippen molar-refractivity contribution in [1.82, 2.24) is 0 Å². The average Bonchev–Trinajstić information content (AvgIpc) is 2.28. The van der Waals surface area contributed by atoms with E-state index in [1.54, 1.807) is 12.1 Å². The van der Waals surface area contributed by atoms with E-state index in [9.17, 15) is 9.50 Å². The highest BCUT2D eigenvalue weighted by molar-refractivity contribution is 5.30. The highest BCUT2D eigenvalue weighted by Crippen LogP contribution is 2.26. The van der Waals surface area contributed by atoms with E-state index in [0.717, 1.165) is 12.0 Å². The fourth-order valence-corrected chi connectivity index (χ4v) is 1.43. The number of aliphatic hydroxyl groups is 1. The van der Waals surface area contributed by atoms with Crippen LogP contribution in [-0.4, -0.2) is 12.2 Å². The summed E-state index contributed by atoms with van der Waals surface area (Å²) in [5.41, 5.74) is 1.19. The molecule has 0 saturated heterocycles. The van der Waals surface area contributed by atoms with Gasteiger partial charge in [0.05, 0.1) is 13.2 Å². The average molecular weight is 224 g/mol. The first-order chi connectivity index (χ1) is 7.58. The van der Waals surface area contributed by atoms with Crippen molar-refractivity contribution in [3.8, 4) is 5.75 Å². The molecular weight excluding hydrogens is 207 g/mol. The maximum Gasteiger partial charge on any atom is 0.132 e. The van der Waals surface area contributed by atoms with Crippen molar-refractivity contribution in [1.29, 1.82) is 0 Å². The molecule has 1 unspecified atom stereocenters. The van der Waals surface area contributed by atoms with E-state index in [-0.39, 0.29) is 5.56 Å². The maximum atomic E-state index is 13.6. The van der Waals surface area contributed by atoms with Crippen molar-refractivity contribution in [2.75, 3.05) is 7.11 Å². The van der Waals surface area contributed by atoms with Gasteiger partial charge < -0.3 is 9.84 Å². The van der Waals surface area contributed by atoms with Crippen LogP contribution in [0.4, 0.5) is 4.39 Å². The molecule has 1 aromatic rings. The van der Waals surface area contributed by atoms with Crippen molar-refractivity contribution >= 4 is 0 Å². The summed E-state index contributed by atoms with van der Waals surface area (Å²) in [6.07, 6.45) is 0.340. The van der Waals surface area contributed by atoms with E-state index in [1.807, 2.05) is 6.92 Å². The monoisotopic (exact) mass is 224 g/mol. The largest absolute Gasteiger partial charge is 0.497 e. The standard InChI is InChI=1S/C13H17FO2/c1-4-9(2)7-13(15)11-6-5-10(16-3)8-12(11)14/h5-6,8,13,15H,2,4,7H2,1,3H3. The van der Waals surface area contributed by atoms with Crippen LogP contribution in [0.15, 0.2) is 30.4 Å². The molecule has 0 aliphatic rings. The lowest BCUT2D eigenvalue weighted by Crippen LogP contribution is -2.02. The Morgan fingerprint density at radius 1 is 1.56 bits per heavy atom. The van der Waals surface area contributed by atoms with Crippen LogP contribution >= 0.6 is 0 Å². The number of halogens is 1. The highest BCUT2D eigenvalue weighted by Gasteiger charge is 2.14. The third-order valence-electron chi connectivity index (χ3n) is 2.55.